The summed E-state index contributed by atoms with van der Waals surface area (Å²) in [6.07, 6.45) is 2.72. The predicted molar refractivity (Wildman–Crippen MR) is 75.0 cm³/mol. The molecule has 0 amide bonds. The zero-order valence-electron chi connectivity index (χ0n) is 11.8. The first kappa shape index (κ1) is 15.0. The number of hydrogen-bond acceptors (Lipinski definition) is 5. The van der Waals surface area contributed by atoms with Gasteiger partial charge >= 0.3 is 5.97 Å². The number of anilines is 1. The van der Waals surface area contributed by atoms with E-state index in [0.717, 1.165) is 19.6 Å². The van der Waals surface area contributed by atoms with E-state index < -0.39 is 16.7 Å². The fourth-order valence-electron chi connectivity index (χ4n) is 2.21. The van der Waals surface area contributed by atoms with Crippen LogP contribution in [-0.2, 0) is 4.74 Å². The SMILES string of the molecule is COC(=O)c1cc(N2CC=C(C)CC2)c([N+](=O)[O-])cc1F. The standard InChI is InChI=1S/C14H15FN2O4/c1-9-3-5-16(6-4-9)12-7-10(14(18)21-2)11(15)8-13(12)17(19)20/h3,7-8H,4-6H2,1-2H3. The summed E-state index contributed by atoms with van der Waals surface area (Å²) in [5.74, 6) is -1.81. The van der Waals surface area contributed by atoms with Crippen molar-refractivity contribution in [1.29, 1.82) is 0 Å². The van der Waals surface area contributed by atoms with Crippen molar-refractivity contribution in [3.63, 3.8) is 0 Å². The van der Waals surface area contributed by atoms with Gasteiger partial charge in [-0.05, 0) is 19.4 Å². The smallest absolute Gasteiger partial charge is 0.340 e. The molecule has 1 aromatic carbocycles. The van der Waals surface area contributed by atoms with E-state index in [1.54, 1.807) is 4.90 Å². The quantitative estimate of drug-likeness (QED) is 0.371. The molecule has 1 heterocycles. The molecule has 0 radical (unpaired) electrons. The highest BCUT2D eigenvalue weighted by Crippen LogP contribution is 2.33. The molecule has 0 bridgehead atoms. The van der Waals surface area contributed by atoms with Crippen LogP contribution >= 0.6 is 0 Å². The zero-order valence-corrected chi connectivity index (χ0v) is 11.8. The predicted octanol–water partition coefficient (Wildman–Crippen LogP) is 2.68. The molecule has 0 fully saturated rings. The minimum atomic E-state index is -0.957. The Bertz CT molecular complexity index is 628. The van der Waals surface area contributed by atoms with Crippen molar-refractivity contribution in [1.82, 2.24) is 0 Å². The normalized spacial score (nSPS) is 14.6. The lowest BCUT2D eigenvalue weighted by Gasteiger charge is -2.27. The Morgan fingerprint density at radius 3 is 2.71 bits per heavy atom. The van der Waals surface area contributed by atoms with E-state index in [4.69, 9.17) is 0 Å². The van der Waals surface area contributed by atoms with Crippen LogP contribution in [0.1, 0.15) is 23.7 Å². The third-order valence-electron chi connectivity index (χ3n) is 3.44. The molecule has 2 rings (SSSR count). The molecule has 0 atom stereocenters. The summed E-state index contributed by atoms with van der Waals surface area (Å²) >= 11 is 0. The van der Waals surface area contributed by atoms with Crippen LogP contribution < -0.4 is 4.90 Å². The van der Waals surface area contributed by atoms with Crippen LogP contribution in [-0.4, -0.2) is 31.1 Å². The Hall–Kier alpha value is -2.44. The van der Waals surface area contributed by atoms with Crippen molar-refractivity contribution < 1.29 is 18.8 Å². The molecule has 1 aliphatic heterocycles. The number of benzene rings is 1. The van der Waals surface area contributed by atoms with E-state index in [-0.39, 0.29) is 16.9 Å². The first-order valence-corrected chi connectivity index (χ1v) is 6.41. The second kappa shape index (κ2) is 5.90. The molecule has 0 saturated heterocycles. The molecular weight excluding hydrogens is 279 g/mol. The van der Waals surface area contributed by atoms with Gasteiger partial charge in [-0.3, -0.25) is 10.1 Å². The highest BCUT2D eigenvalue weighted by molar-refractivity contribution is 5.92. The number of rotatable bonds is 3. The first-order chi connectivity index (χ1) is 9.93. The van der Waals surface area contributed by atoms with Crippen LogP contribution in [0.3, 0.4) is 0 Å². The molecule has 0 aliphatic carbocycles. The third kappa shape index (κ3) is 3.01. The number of nitro benzene ring substituents is 1. The number of methoxy groups -OCH3 is 1. The molecule has 112 valence electrons. The van der Waals surface area contributed by atoms with Gasteiger partial charge in [0.1, 0.15) is 11.5 Å². The fraction of sp³-hybridized carbons (Fsp3) is 0.357. The Morgan fingerprint density at radius 1 is 1.48 bits per heavy atom. The minimum absolute atomic E-state index is 0.227. The van der Waals surface area contributed by atoms with Crippen molar-refractivity contribution in [3.05, 3.63) is 45.3 Å². The van der Waals surface area contributed by atoms with Gasteiger partial charge in [-0.25, -0.2) is 9.18 Å². The van der Waals surface area contributed by atoms with Crippen LogP contribution in [0.15, 0.2) is 23.8 Å². The lowest BCUT2D eigenvalue weighted by atomic mass is 10.1. The maximum absolute atomic E-state index is 13.8. The Kier molecular flexibility index (Phi) is 4.21. The van der Waals surface area contributed by atoms with E-state index in [0.29, 0.717) is 13.1 Å². The van der Waals surface area contributed by atoms with Crippen molar-refractivity contribution in [2.24, 2.45) is 0 Å². The van der Waals surface area contributed by atoms with Crippen molar-refractivity contribution in [3.8, 4) is 0 Å². The highest BCUT2D eigenvalue weighted by Gasteiger charge is 2.26. The van der Waals surface area contributed by atoms with Crippen LogP contribution in [0.4, 0.5) is 15.8 Å². The summed E-state index contributed by atoms with van der Waals surface area (Å²) in [6, 6.07) is 1.96. The molecule has 1 aromatic rings. The lowest BCUT2D eigenvalue weighted by molar-refractivity contribution is -0.384. The Labute approximate surface area is 121 Å². The molecule has 0 unspecified atom stereocenters. The largest absolute Gasteiger partial charge is 0.465 e. The number of carbonyl (C=O) groups is 1. The number of carbonyl (C=O) groups excluding carboxylic acids is 1. The minimum Gasteiger partial charge on any atom is -0.465 e. The van der Waals surface area contributed by atoms with Gasteiger partial charge in [0.05, 0.1) is 23.7 Å². The van der Waals surface area contributed by atoms with Gasteiger partial charge in [0.2, 0.25) is 0 Å². The molecule has 21 heavy (non-hydrogen) atoms. The van der Waals surface area contributed by atoms with Gasteiger partial charge in [0, 0.05) is 13.1 Å². The number of halogens is 1. The van der Waals surface area contributed by atoms with Gasteiger partial charge in [0.25, 0.3) is 5.69 Å². The van der Waals surface area contributed by atoms with Gasteiger partial charge < -0.3 is 9.64 Å². The number of esters is 1. The molecule has 7 heteroatoms. The van der Waals surface area contributed by atoms with E-state index >= 15 is 0 Å². The number of ether oxygens (including phenoxy) is 1. The van der Waals surface area contributed by atoms with Crippen LogP contribution in [0.25, 0.3) is 0 Å². The first-order valence-electron chi connectivity index (χ1n) is 6.41. The van der Waals surface area contributed by atoms with Gasteiger partial charge in [0.15, 0.2) is 0 Å². The van der Waals surface area contributed by atoms with Gasteiger partial charge in [-0.2, -0.15) is 0 Å². The van der Waals surface area contributed by atoms with E-state index in [1.807, 2.05) is 13.0 Å². The Morgan fingerprint density at radius 2 is 2.19 bits per heavy atom. The molecular formula is C14H15FN2O4. The topological polar surface area (TPSA) is 72.7 Å². The number of nitrogens with zero attached hydrogens (tertiary/aromatic N) is 2. The third-order valence-corrected chi connectivity index (χ3v) is 3.44. The van der Waals surface area contributed by atoms with Crippen molar-refractivity contribution in [2.75, 3.05) is 25.1 Å². The summed E-state index contributed by atoms with van der Waals surface area (Å²) in [6.45, 7) is 3.05. The molecule has 6 nitrogen and oxygen atoms in total. The van der Waals surface area contributed by atoms with E-state index in [9.17, 15) is 19.3 Å². The second-order valence-corrected chi connectivity index (χ2v) is 4.82. The average molecular weight is 294 g/mol. The summed E-state index contributed by atoms with van der Waals surface area (Å²) < 4.78 is 18.3. The van der Waals surface area contributed by atoms with E-state index in [1.165, 1.54) is 11.6 Å². The van der Waals surface area contributed by atoms with Gasteiger partial charge in [-0.1, -0.05) is 11.6 Å². The summed E-state index contributed by atoms with van der Waals surface area (Å²) in [5, 5.41) is 11.1. The summed E-state index contributed by atoms with van der Waals surface area (Å²) in [7, 11) is 1.13. The summed E-state index contributed by atoms with van der Waals surface area (Å²) in [5.41, 5.74) is 0.771. The van der Waals surface area contributed by atoms with Crippen molar-refractivity contribution in [2.45, 2.75) is 13.3 Å². The van der Waals surface area contributed by atoms with Crippen LogP contribution in [0.5, 0.6) is 0 Å². The lowest BCUT2D eigenvalue weighted by Crippen LogP contribution is -2.29. The maximum Gasteiger partial charge on any atom is 0.340 e. The van der Waals surface area contributed by atoms with Crippen molar-refractivity contribution >= 4 is 17.3 Å². The fourth-order valence-corrected chi connectivity index (χ4v) is 2.21. The number of hydrogen-bond donors (Lipinski definition) is 0. The molecule has 1 aliphatic rings. The number of nitro groups is 1. The molecule has 0 aromatic heterocycles. The zero-order chi connectivity index (χ0) is 15.6. The highest BCUT2D eigenvalue weighted by atomic mass is 19.1. The second-order valence-electron chi connectivity index (χ2n) is 4.82. The van der Waals surface area contributed by atoms with Gasteiger partial charge in [-0.15, -0.1) is 0 Å². The summed E-state index contributed by atoms with van der Waals surface area (Å²) in [4.78, 5) is 23.8. The van der Waals surface area contributed by atoms with E-state index in [2.05, 4.69) is 4.74 Å². The Balaban J connectivity index is 2.51. The maximum atomic E-state index is 13.8. The van der Waals surface area contributed by atoms with Crippen LogP contribution in [0.2, 0.25) is 0 Å². The molecule has 0 spiro atoms. The average Bonchev–Trinajstić information content (AvgIpc) is 2.47. The monoisotopic (exact) mass is 294 g/mol. The molecule has 0 saturated carbocycles. The molecule has 0 N–H and O–H groups in total. The van der Waals surface area contributed by atoms with Crippen LogP contribution in [0, 0.1) is 15.9 Å².